The normalized spacial score (nSPS) is 15.2. The molecule has 0 aliphatic heterocycles. The zero-order valence-corrected chi connectivity index (χ0v) is 18.9. The van der Waals surface area contributed by atoms with Crippen LogP contribution in [0.2, 0.25) is 0 Å². The fourth-order valence-electron chi connectivity index (χ4n) is 3.90. The maximum atomic E-state index is 13.4. The highest BCUT2D eigenvalue weighted by Crippen LogP contribution is 2.28. The number of amides is 1. The van der Waals surface area contributed by atoms with E-state index < -0.39 is 10.0 Å². The minimum atomic E-state index is -3.79. The van der Waals surface area contributed by atoms with Gasteiger partial charge in [-0.3, -0.25) is 4.79 Å². The topological polar surface area (TPSA) is 93.5 Å². The van der Waals surface area contributed by atoms with Crippen LogP contribution in [0.15, 0.2) is 47.9 Å². The van der Waals surface area contributed by atoms with E-state index in [1.165, 1.54) is 4.31 Å². The van der Waals surface area contributed by atoms with Gasteiger partial charge in [-0.2, -0.15) is 4.31 Å². The largest absolute Gasteiger partial charge is 0.494 e. The minimum Gasteiger partial charge on any atom is -0.494 e. The number of ether oxygens (including phenoxy) is 1. The van der Waals surface area contributed by atoms with Crippen LogP contribution in [0.3, 0.4) is 0 Å². The molecule has 0 unspecified atom stereocenters. The summed E-state index contributed by atoms with van der Waals surface area (Å²) in [6.07, 6.45) is 10.7. The average molecular weight is 449 g/mol. The van der Waals surface area contributed by atoms with Crippen LogP contribution in [0, 0.1) is 0 Å². The molecule has 1 saturated carbocycles. The van der Waals surface area contributed by atoms with Gasteiger partial charge in [-0.15, -0.1) is 0 Å². The summed E-state index contributed by atoms with van der Waals surface area (Å²) in [4.78, 5) is 16.8. The molecule has 1 aromatic heterocycles. The van der Waals surface area contributed by atoms with Crippen LogP contribution in [0.1, 0.15) is 45.4 Å². The number of hydrogen-bond acceptors (Lipinski definition) is 5. The molecule has 0 spiro atoms. The number of benzene rings is 1. The highest BCUT2D eigenvalue weighted by Gasteiger charge is 2.33. The zero-order chi connectivity index (χ0) is 22.1. The van der Waals surface area contributed by atoms with Gasteiger partial charge in [0.1, 0.15) is 5.75 Å². The van der Waals surface area contributed by atoms with Gasteiger partial charge >= 0.3 is 0 Å². The Hall–Kier alpha value is -2.39. The molecule has 1 amide bonds. The molecule has 1 aromatic carbocycles. The van der Waals surface area contributed by atoms with Crippen LogP contribution in [-0.2, 0) is 21.4 Å². The smallest absolute Gasteiger partial charge is 0.243 e. The molecule has 3 rings (SSSR count). The quantitative estimate of drug-likeness (QED) is 0.534. The van der Waals surface area contributed by atoms with Gasteiger partial charge in [0.25, 0.3) is 0 Å². The van der Waals surface area contributed by atoms with Crippen LogP contribution in [-0.4, -0.2) is 53.9 Å². The number of nitrogens with zero attached hydrogens (tertiary/aromatic N) is 3. The Morgan fingerprint density at radius 1 is 1.23 bits per heavy atom. The summed E-state index contributed by atoms with van der Waals surface area (Å²) in [6.45, 7) is 3.46. The maximum absolute atomic E-state index is 13.4. The number of carbonyl (C=O) groups excluding carboxylic acids is 1. The second-order valence-corrected chi connectivity index (χ2v) is 9.64. The lowest BCUT2D eigenvalue weighted by atomic mass is 9.95. The van der Waals surface area contributed by atoms with Crippen molar-refractivity contribution in [3.05, 3.63) is 43.0 Å². The summed E-state index contributed by atoms with van der Waals surface area (Å²) in [5.41, 5.74) is 0. The highest BCUT2D eigenvalue weighted by atomic mass is 32.2. The fraction of sp³-hybridized carbons (Fsp3) is 0.545. The number of carbonyl (C=O) groups is 1. The van der Waals surface area contributed by atoms with Crippen molar-refractivity contribution >= 4 is 15.9 Å². The first-order valence-corrected chi connectivity index (χ1v) is 12.4. The summed E-state index contributed by atoms with van der Waals surface area (Å²) in [6, 6.07) is 6.28. The number of aryl methyl sites for hydroxylation is 1. The van der Waals surface area contributed by atoms with E-state index >= 15 is 0 Å². The van der Waals surface area contributed by atoms with E-state index in [0.29, 0.717) is 18.9 Å². The SMILES string of the molecule is CCOc1ccc(S(=O)(=O)N(CC(=O)NCCCn2ccnc2)C2CCCCC2)cc1. The predicted octanol–water partition coefficient (Wildman–Crippen LogP) is 2.81. The van der Waals surface area contributed by atoms with Crippen LogP contribution in [0.4, 0.5) is 0 Å². The lowest BCUT2D eigenvalue weighted by Crippen LogP contribution is -2.47. The molecule has 1 fully saturated rings. The van der Waals surface area contributed by atoms with Crippen LogP contribution in [0.5, 0.6) is 5.75 Å². The molecular weight excluding hydrogens is 416 g/mol. The Labute approximate surface area is 184 Å². The molecule has 0 radical (unpaired) electrons. The van der Waals surface area contributed by atoms with Gasteiger partial charge < -0.3 is 14.6 Å². The Morgan fingerprint density at radius 2 is 1.97 bits per heavy atom. The first-order chi connectivity index (χ1) is 15.0. The van der Waals surface area contributed by atoms with Crippen molar-refractivity contribution in [3.63, 3.8) is 0 Å². The number of hydrogen-bond donors (Lipinski definition) is 1. The van der Waals surface area contributed by atoms with E-state index in [2.05, 4.69) is 10.3 Å². The number of aromatic nitrogens is 2. The van der Waals surface area contributed by atoms with E-state index in [9.17, 15) is 13.2 Å². The van der Waals surface area contributed by atoms with E-state index in [-0.39, 0.29) is 23.4 Å². The van der Waals surface area contributed by atoms with Crippen molar-refractivity contribution < 1.29 is 17.9 Å². The van der Waals surface area contributed by atoms with E-state index in [1.54, 1.807) is 36.8 Å². The third kappa shape index (κ3) is 6.54. The second-order valence-electron chi connectivity index (χ2n) is 7.75. The molecule has 0 bridgehead atoms. The molecule has 31 heavy (non-hydrogen) atoms. The molecule has 8 nitrogen and oxygen atoms in total. The van der Waals surface area contributed by atoms with Crippen LogP contribution >= 0.6 is 0 Å². The van der Waals surface area contributed by atoms with Crippen LogP contribution in [0.25, 0.3) is 0 Å². The summed E-state index contributed by atoms with van der Waals surface area (Å²) >= 11 is 0. The average Bonchev–Trinajstić information content (AvgIpc) is 3.30. The second kappa shape index (κ2) is 11.3. The molecule has 1 aliphatic rings. The van der Waals surface area contributed by atoms with Crippen molar-refractivity contribution in [2.24, 2.45) is 0 Å². The van der Waals surface area contributed by atoms with Crippen molar-refractivity contribution in [2.45, 2.75) is 62.9 Å². The Bertz CT molecular complexity index is 907. The van der Waals surface area contributed by atoms with Gasteiger partial charge in [-0.1, -0.05) is 19.3 Å². The van der Waals surface area contributed by atoms with E-state index in [0.717, 1.165) is 45.1 Å². The van der Waals surface area contributed by atoms with E-state index in [1.807, 2.05) is 17.7 Å². The van der Waals surface area contributed by atoms with Gasteiger partial charge in [0.2, 0.25) is 15.9 Å². The van der Waals surface area contributed by atoms with Crippen molar-refractivity contribution in [1.82, 2.24) is 19.2 Å². The minimum absolute atomic E-state index is 0.151. The summed E-state index contributed by atoms with van der Waals surface area (Å²) in [5, 5.41) is 2.87. The van der Waals surface area contributed by atoms with Gasteiger partial charge in [-0.05, 0) is 50.5 Å². The van der Waals surface area contributed by atoms with Crippen molar-refractivity contribution in [3.8, 4) is 5.75 Å². The van der Waals surface area contributed by atoms with Crippen LogP contribution < -0.4 is 10.1 Å². The molecule has 1 aliphatic carbocycles. The molecule has 0 atom stereocenters. The van der Waals surface area contributed by atoms with Crippen molar-refractivity contribution in [2.75, 3.05) is 19.7 Å². The molecule has 170 valence electrons. The molecule has 0 saturated heterocycles. The summed E-state index contributed by atoms with van der Waals surface area (Å²) in [5.74, 6) is 0.354. The fourth-order valence-corrected chi connectivity index (χ4v) is 5.54. The number of rotatable bonds is 11. The van der Waals surface area contributed by atoms with Gasteiger partial charge in [-0.25, -0.2) is 13.4 Å². The number of imidazole rings is 1. The molecule has 1 heterocycles. The first-order valence-electron chi connectivity index (χ1n) is 11.0. The lowest BCUT2D eigenvalue weighted by Gasteiger charge is -2.33. The number of nitrogens with one attached hydrogen (secondary N) is 1. The molecule has 2 aromatic rings. The monoisotopic (exact) mass is 448 g/mol. The standard InChI is InChI=1S/C22H32N4O4S/c1-2-30-20-9-11-21(12-10-20)31(28,29)26(19-7-4-3-5-8-19)17-22(27)24-13-6-15-25-16-14-23-18-25/h9-12,14,16,18-19H,2-8,13,15,17H2,1H3,(H,24,27). The lowest BCUT2D eigenvalue weighted by molar-refractivity contribution is -0.121. The van der Waals surface area contributed by atoms with Gasteiger partial charge in [0.05, 0.1) is 24.4 Å². The third-order valence-corrected chi connectivity index (χ3v) is 7.41. The Balaban J connectivity index is 1.65. The summed E-state index contributed by atoms with van der Waals surface area (Å²) < 4.78 is 35.6. The van der Waals surface area contributed by atoms with Gasteiger partial charge in [0.15, 0.2) is 0 Å². The summed E-state index contributed by atoms with van der Waals surface area (Å²) in [7, 11) is -3.79. The zero-order valence-electron chi connectivity index (χ0n) is 18.1. The highest BCUT2D eigenvalue weighted by molar-refractivity contribution is 7.89. The predicted molar refractivity (Wildman–Crippen MR) is 118 cm³/mol. The Kier molecular flexibility index (Phi) is 8.48. The molecular formula is C22H32N4O4S. The van der Waals surface area contributed by atoms with Crippen molar-refractivity contribution in [1.29, 1.82) is 0 Å². The molecule has 1 N–H and O–H groups in total. The van der Waals surface area contributed by atoms with Gasteiger partial charge in [0, 0.05) is 31.5 Å². The first kappa shape index (κ1) is 23.3. The maximum Gasteiger partial charge on any atom is 0.243 e. The van der Waals surface area contributed by atoms with E-state index in [4.69, 9.17) is 4.74 Å². The molecule has 9 heteroatoms. The Morgan fingerprint density at radius 3 is 2.61 bits per heavy atom. The third-order valence-electron chi connectivity index (χ3n) is 5.50. The number of sulfonamides is 1.